The summed E-state index contributed by atoms with van der Waals surface area (Å²) in [5.41, 5.74) is 0.413. The number of rotatable bonds is 1. The standard InChI is InChI=1S/C10H16N4O/c1-10(2)9(15)14(5-4-13(10)3)8-6-11-12-7-8/h6-7H,4-5H2,1-3H3,(H,11,12). The van der Waals surface area contributed by atoms with Crippen LogP contribution in [0, 0.1) is 0 Å². The lowest BCUT2D eigenvalue weighted by Crippen LogP contribution is -2.61. The molecule has 1 aromatic rings. The quantitative estimate of drug-likeness (QED) is 0.729. The van der Waals surface area contributed by atoms with Gasteiger partial charge >= 0.3 is 0 Å². The Labute approximate surface area is 89.1 Å². The van der Waals surface area contributed by atoms with Gasteiger partial charge in [0.1, 0.15) is 0 Å². The highest BCUT2D eigenvalue weighted by atomic mass is 16.2. The Hall–Kier alpha value is -1.36. The molecule has 1 fully saturated rings. The zero-order valence-corrected chi connectivity index (χ0v) is 9.32. The molecule has 5 nitrogen and oxygen atoms in total. The van der Waals surface area contributed by atoms with Gasteiger partial charge in [-0.2, -0.15) is 5.10 Å². The van der Waals surface area contributed by atoms with Gasteiger partial charge in [-0.05, 0) is 20.9 Å². The molecule has 1 aliphatic heterocycles. The molecule has 82 valence electrons. The van der Waals surface area contributed by atoms with Gasteiger partial charge in [0.15, 0.2) is 0 Å². The molecule has 0 atom stereocenters. The number of hydrogen-bond donors (Lipinski definition) is 1. The number of carbonyl (C=O) groups is 1. The number of nitrogens with one attached hydrogen (secondary N) is 1. The Bertz CT molecular complexity index is 358. The fourth-order valence-corrected chi connectivity index (χ4v) is 1.76. The minimum Gasteiger partial charge on any atom is -0.307 e. The van der Waals surface area contributed by atoms with E-state index in [0.29, 0.717) is 0 Å². The maximum atomic E-state index is 12.2. The third kappa shape index (κ3) is 1.52. The summed E-state index contributed by atoms with van der Waals surface area (Å²) in [6.07, 6.45) is 3.43. The average Bonchev–Trinajstić information content (AvgIpc) is 2.68. The van der Waals surface area contributed by atoms with Crippen LogP contribution < -0.4 is 4.90 Å². The number of hydrogen-bond acceptors (Lipinski definition) is 3. The van der Waals surface area contributed by atoms with Crippen molar-refractivity contribution >= 4 is 11.6 Å². The van der Waals surface area contributed by atoms with E-state index in [1.165, 1.54) is 0 Å². The van der Waals surface area contributed by atoms with E-state index in [0.717, 1.165) is 18.8 Å². The normalized spacial score (nSPS) is 22.1. The second-order valence-corrected chi connectivity index (χ2v) is 4.39. The molecule has 5 heteroatoms. The van der Waals surface area contributed by atoms with Crippen LogP contribution in [0.1, 0.15) is 13.8 Å². The molecule has 1 aliphatic rings. The highest BCUT2D eigenvalue weighted by Crippen LogP contribution is 2.24. The first-order valence-electron chi connectivity index (χ1n) is 5.05. The number of piperazine rings is 1. The number of nitrogens with zero attached hydrogens (tertiary/aromatic N) is 3. The van der Waals surface area contributed by atoms with Gasteiger partial charge in [0.2, 0.25) is 5.91 Å². The summed E-state index contributed by atoms with van der Waals surface area (Å²) >= 11 is 0. The molecule has 0 radical (unpaired) electrons. The van der Waals surface area contributed by atoms with Crippen LogP contribution in [0.5, 0.6) is 0 Å². The Balaban J connectivity index is 2.27. The van der Waals surface area contributed by atoms with Gasteiger partial charge in [0.25, 0.3) is 0 Å². The summed E-state index contributed by atoms with van der Waals surface area (Å²) in [6.45, 7) is 5.49. The number of H-pyrrole nitrogens is 1. The smallest absolute Gasteiger partial charge is 0.247 e. The van der Waals surface area contributed by atoms with Gasteiger partial charge in [-0.15, -0.1) is 0 Å². The number of amides is 1. The summed E-state index contributed by atoms with van der Waals surface area (Å²) in [6, 6.07) is 0. The molecule has 1 saturated heterocycles. The Kier molecular flexibility index (Phi) is 2.26. The van der Waals surface area contributed by atoms with Crippen LogP contribution in [0.3, 0.4) is 0 Å². The van der Waals surface area contributed by atoms with Crippen LogP contribution in [0.15, 0.2) is 12.4 Å². The van der Waals surface area contributed by atoms with E-state index in [1.54, 1.807) is 17.3 Å². The minimum absolute atomic E-state index is 0.123. The van der Waals surface area contributed by atoms with Crippen LogP contribution in [-0.2, 0) is 4.79 Å². The largest absolute Gasteiger partial charge is 0.307 e. The number of likely N-dealkylation sites (N-methyl/N-ethyl adjacent to an activating group) is 1. The summed E-state index contributed by atoms with van der Waals surface area (Å²) in [4.78, 5) is 16.1. The van der Waals surface area contributed by atoms with E-state index in [4.69, 9.17) is 0 Å². The number of aromatic nitrogens is 2. The molecule has 0 unspecified atom stereocenters. The lowest BCUT2D eigenvalue weighted by Gasteiger charge is -2.43. The van der Waals surface area contributed by atoms with Crippen LogP contribution in [-0.4, -0.2) is 46.7 Å². The second-order valence-electron chi connectivity index (χ2n) is 4.39. The second kappa shape index (κ2) is 3.34. The Morgan fingerprint density at radius 3 is 2.80 bits per heavy atom. The fourth-order valence-electron chi connectivity index (χ4n) is 1.76. The predicted molar refractivity (Wildman–Crippen MR) is 57.6 cm³/mol. The van der Waals surface area contributed by atoms with Crippen molar-refractivity contribution in [2.24, 2.45) is 0 Å². The fraction of sp³-hybridized carbons (Fsp3) is 0.600. The molecule has 2 heterocycles. The molecule has 0 saturated carbocycles. The van der Waals surface area contributed by atoms with E-state index in [9.17, 15) is 4.79 Å². The number of aromatic amines is 1. The minimum atomic E-state index is -0.435. The third-order valence-corrected chi connectivity index (χ3v) is 3.18. The predicted octanol–water partition coefficient (Wildman–Crippen LogP) is 0.467. The number of carbonyl (C=O) groups excluding carboxylic acids is 1. The topological polar surface area (TPSA) is 52.2 Å². The lowest BCUT2D eigenvalue weighted by atomic mass is 9.98. The van der Waals surface area contributed by atoms with Crippen molar-refractivity contribution in [3.05, 3.63) is 12.4 Å². The van der Waals surface area contributed by atoms with Crippen molar-refractivity contribution in [1.82, 2.24) is 15.1 Å². The van der Waals surface area contributed by atoms with Gasteiger partial charge in [0.05, 0.1) is 17.4 Å². The van der Waals surface area contributed by atoms with Crippen molar-refractivity contribution < 1.29 is 4.79 Å². The van der Waals surface area contributed by atoms with Gasteiger partial charge in [-0.25, -0.2) is 0 Å². The van der Waals surface area contributed by atoms with Crippen molar-refractivity contribution in [2.45, 2.75) is 19.4 Å². The highest BCUT2D eigenvalue weighted by molar-refractivity contribution is 6.00. The van der Waals surface area contributed by atoms with Gasteiger partial charge in [-0.1, -0.05) is 0 Å². The van der Waals surface area contributed by atoms with Crippen molar-refractivity contribution in [2.75, 3.05) is 25.0 Å². The van der Waals surface area contributed by atoms with Crippen LogP contribution in [0.25, 0.3) is 0 Å². The van der Waals surface area contributed by atoms with Crippen molar-refractivity contribution in [3.63, 3.8) is 0 Å². The molecule has 1 aromatic heterocycles. The molecule has 1 N–H and O–H groups in total. The van der Waals surface area contributed by atoms with Gasteiger partial charge < -0.3 is 4.90 Å². The average molecular weight is 208 g/mol. The zero-order chi connectivity index (χ0) is 11.1. The summed E-state index contributed by atoms with van der Waals surface area (Å²) in [5, 5.41) is 6.59. The van der Waals surface area contributed by atoms with Crippen LogP contribution in [0.2, 0.25) is 0 Å². The van der Waals surface area contributed by atoms with E-state index in [1.807, 2.05) is 20.9 Å². The Morgan fingerprint density at radius 2 is 2.20 bits per heavy atom. The lowest BCUT2D eigenvalue weighted by molar-refractivity contribution is -0.130. The molecule has 2 rings (SSSR count). The number of anilines is 1. The monoisotopic (exact) mass is 208 g/mol. The first-order valence-corrected chi connectivity index (χ1v) is 5.05. The highest BCUT2D eigenvalue weighted by Gasteiger charge is 2.40. The van der Waals surface area contributed by atoms with E-state index in [-0.39, 0.29) is 5.91 Å². The van der Waals surface area contributed by atoms with Gasteiger partial charge in [-0.3, -0.25) is 14.8 Å². The van der Waals surface area contributed by atoms with Crippen LogP contribution in [0.4, 0.5) is 5.69 Å². The van der Waals surface area contributed by atoms with E-state index >= 15 is 0 Å². The van der Waals surface area contributed by atoms with Crippen molar-refractivity contribution in [1.29, 1.82) is 0 Å². The first-order chi connectivity index (χ1) is 7.03. The van der Waals surface area contributed by atoms with Crippen LogP contribution >= 0.6 is 0 Å². The molecular formula is C10H16N4O. The maximum absolute atomic E-state index is 12.2. The Morgan fingerprint density at radius 1 is 1.47 bits per heavy atom. The molecular weight excluding hydrogens is 192 g/mol. The van der Waals surface area contributed by atoms with Gasteiger partial charge in [0, 0.05) is 19.3 Å². The maximum Gasteiger partial charge on any atom is 0.247 e. The molecule has 0 bridgehead atoms. The zero-order valence-electron chi connectivity index (χ0n) is 9.32. The summed E-state index contributed by atoms with van der Waals surface area (Å²) < 4.78 is 0. The SMILES string of the molecule is CN1CCN(c2cn[nH]c2)C(=O)C1(C)C. The third-order valence-electron chi connectivity index (χ3n) is 3.18. The summed E-state index contributed by atoms with van der Waals surface area (Å²) in [5.74, 6) is 0.123. The first kappa shape index (κ1) is 10.2. The summed E-state index contributed by atoms with van der Waals surface area (Å²) in [7, 11) is 1.98. The molecule has 0 aromatic carbocycles. The molecule has 0 spiro atoms. The molecule has 15 heavy (non-hydrogen) atoms. The molecule has 0 aliphatic carbocycles. The van der Waals surface area contributed by atoms with E-state index < -0.39 is 5.54 Å². The van der Waals surface area contributed by atoms with Crippen molar-refractivity contribution in [3.8, 4) is 0 Å². The molecule has 1 amide bonds. The van der Waals surface area contributed by atoms with E-state index in [2.05, 4.69) is 15.1 Å².